The van der Waals surface area contributed by atoms with Crippen LogP contribution >= 0.6 is 0 Å². The highest BCUT2D eigenvalue weighted by Gasteiger charge is 2.33. The largest absolute Gasteiger partial charge is 0.495 e. The van der Waals surface area contributed by atoms with Gasteiger partial charge in [0.15, 0.2) is 0 Å². The first-order valence-corrected chi connectivity index (χ1v) is 12.8. The number of para-hydroxylation sites is 2. The quantitative estimate of drug-likeness (QED) is 0.692. The Kier molecular flexibility index (Phi) is 7.21. The Morgan fingerprint density at radius 3 is 2.58 bits per heavy atom. The minimum atomic E-state index is -3.80. The predicted octanol–water partition coefficient (Wildman–Crippen LogP) is 3.35. The van der Waals surface area contributed by atoms with Gasteiger partial charge in [-0.05, 0) is 50.1 Å². The number of nitrogens with one attached hydrogen (secondary N) is 1. The molecule has 2 saturated heterocycles. The second-order valence-electron chi connectivity index (χ2n) is 8.40. The third-order valence-electron chi connectivity index (χ3n) is 6.26. The van der Waals surface area contributed by atoms with Gasteiger partial charge < -0.3 is 19.7 Å². The van der Waals surface area contributed by atoms with Crippen molar-refractivity contribution >= 4 is 27.3 Å². The zero-order valence-corrected chi connectivity index (χ0v) is 19.9. The second kappa shape index (κ2) is 10.1. The van der Waals surface area contributed by atoms with Crippen molar-refractivity contribution in [3.63, 3.8) is 0 Å². The molecule has 8 nitrogen and oxygen atoms in total. The zero-order chi connectivity index (χ0) is 23.4. The summed E-state index contributed by atoms with van der Waals surface area (Å²) in [4.78, 5) is 15.4. The number of hydrogen-bond donors (Lipinski definition) is 1. The molecule has 2 aliphatic rings. The van der Waals surface area contributed by atoms with Gasteiger partial charge in [0, 0.05) is 31.2 Å². The third-order valence-corrected chi connectivity index (χ3v) is 8.29. The van der Waals surface area contributed by atoms with Crippen LogP contribution in [-0.2, 0) is 14.8 Å². The lowest BCUT2D eigenvalue weighted by Crippen LogP contribution is -2.42. The minimum absolute atomic E-state index is 0.0212. The number of benzene rings is 2. The van der Waals surface area contributed by atoms with Gasteiger partial charge in [0.2, 0.25) is 10.0 Å². The van der Waals surface area contributed by atoms with Gasteiger partial charge in [-0.15, -0.1) is 0 Å². The average molecular weight is 474 g/mol. The van der Waals surface area contributed by atoms with Crippen LogP contribution in [0.4, 0.5) is 11.4 Å². The molecule has 1 amide bonds. The molecule has 2 heterocycles. The van der Waals surface area contributed by atoms with Crippen molar-refractivity contribution in [2.75, 3.05) is 50.2 Å². The number of carbonyl (C=O) groups is 1. The van der Waals surface area contributed by atoms with Crippen LogP contribution in [0, 0.1) is 0 Å². The summed E-state index contributed by atoms with van der Waals surface area (Å²) >= 11 is 0. The SMILES string of the molecule is COc1ccc(C(=O)Nc2ccccc2N2CCOCC2)cc1S(=O)(=O)N1CCCC[C@@H]1C. The minimum Gasteiger partial charge on any atom is -0.495 e. The van der Waals surface area contributed by atoms with Crippen LogP contribution in [0.25, 0.3) is 0 Å². The van der Waals surface area contributed by atoms with Gasteiger partial charge in [-0.25, -0.2) is 8.42 Å². The van der Waals surface area contributed by atoms with Gasteiger partial charge in [0.05, 0.1) is 31.7 Å². The molecule has 0 aromatic heterocycles. The van der Waals surface area contributed by atoms with Crippen molar-refractivity contribution in [2.24, 2.45) is 0 Å². The highest BCUT2D eigenvalue weighted by Crippen LogP contribution is 2.32. The molecule has 33 heavy (non-hydrogen) atoms. The molecular formula is C24H31N3O5S. The number of anilines is 2. The molecule has 0 aliphatic carbocycles. The van der Waals surface area contributed by atoms with Gasteiger partial charge in [0.1, 0.15) is 10.6 Å². The molecule has 2 aliphatic heterocycles. The highest BCUT2D eigenvalue weighted by atomic mass is 32.2. The fourth-order valence-electron chi connectivity index (χ4n) is 4.43. The van der Waals surface area contributed by atoms with E-state index in [-0.39, 0.29) is 28.2 Å². The maximum atomic E-state index is 13.5. The number of nitrogens with zero attached hydrogens (tertiary/aromatic N) is 2. The molecule has 4 rings (SSSR count). The maximum absolute atomic E-state index is 13.5. The molecule has 0 radical (unpaired) electrons. The average Bonchev–Trinajstić information content (AvgIpc) is 2.84. The molecule has 0 bridgehead atoms. The maximum Gasteiger partial charge on any atom is 0.255 e. The van der Waals surface area contributed by atoms with E-state index < -0.39 is 10.0 Å². The van der Waals surface area contributed by atoms with E-state index in [2.05, 4.69) is 10.2 Å². The Morgan fingerprint density at radius 2 is 1.85 bits per heavy atom. The summed E-state index contributed by atoms with van der Waals surface area (Å²) in [7, 11) is -2.37. The number of sulfonamides is 1. The molecule has 2 aromatic rings. The first-order valence-electron chi connectivity index (χ1n) is 11.3. The predicted molar refractivity (Wildman–Crippen MR) is 128 cm³/mol. The number of carbonyl (C=O) groups excluding carboxylic acids is 1. The van der Waals surface area contributed by atoms with Crippen LogP contribution in [0.5, 0.6) is 5.75 Å². The molecule has 0 saturated carbocycles. The summed E-state index contributed by atoms with van der Waals surface area (Å²) in [6.07, 6.45) is 2.65. The van der Waals surface area contributed by atoms with Gasteiger partial charge in [0.25, 0.3) is 5.91 Å². The lowest BCUT2D eigenvalue weighted by atomic mass is 10.1. The van der Waals surface area contributed by atoms with Gasteiger partial charge >= 0.3 is 0 Å². The van der Waals surface area contributed by atoms with Crippen LogP contribution in [0.3, 0.4) is 0 Å². The highest BCUT2D eigenvalue weighted by molar-refractivity contribution is 7.89. The first-order chi connectivity index (χ1) is 15.9. The molecule has 9 heteroatoms. The fourth-order valence-corrected chi connectivity index (χ4v) is 6.31. The van der Waals surface area contributed by atoms with Crippen molar-refractivity contribution in [1.82, 2.24) is 4.31 Å². The molecule has 2 fully saturated rings. The van der Waals surface area contributed by atoms with Crippen molar-refractivity contribution in [3.05, 3.63) is 48.0 Å². The summed E-state index contributed by atoms with van der Waals surface area (Å²) in [5, 5.41) is 2.96. The number of hydrogen-bond acceptors (Lipinski definition) is 6. The summed E-state index contributed by atoms with van der Waals surface area (Å²) in [5.74, 6) is -0.139. The Labute approximate surface area is 195 Å². The van der Waals surface area contributed by atoms with Crippen LogP contribution in [0.15, 0.2) is 47.4 Å². The van der Waals surface area contributed by atoms with Gasteiger partial charge in [-0.3, -0.25) is 4.79 Å². The van der Waals surface area contributed by atoms with Crippen molar-refractivity contribution in [2.45, 2.75) is 37.1 Å². The molecule has 0 unspecified atom stereocenters. The Morgan fingerprint density at radius 1 is 1.09 bits per heavy atom. The Bertz CT molecular complexity index is 1100. The van der Waals surface area contributed by atoms with E-state index >= 15 is 0 Å². The normalized spacial score (nSPS) is 19.8. The Hall–Kier alpha value is -2.62. The summed E-state index contributed by atoms with van der Waals surface area (Å²) in [5.41, 5.74) is 1.85. The van der Waals surface area contributed by atoms with E-state index in [1.165, 1.54) is 17.5 Å². The fraction of sp³-hybridized carbons (Fsp3) is 0.458. The van der Waals surface area contributed by atoms with E-state index in [1.807, 2.05) is 31.2 Å². The van der Waals surface area contributed by atoms with Crippen LogP contribution < -0.4 is 15.0 Å². The second-order valence-corrected chi connectivity index (χ2v) is 10.3. The van der Waals surface area contributed by atoms with E-state index in [1.54, 1.807) is 12.1 Å². The smallest absolute Gasteiger partial charge is 0.255 e. The van der Waals surface area contributed by atoms with E-state index in [0.29, 0.717) is 25.4 Å². The number of rotatable bonds is 6. The van der Waals surface area contributed by atoms with E-state index in [9.17, 15) is 13.2 Å². The standard InChI is InChI=1S/C24H31N3O5S/c1-18-7-5-6-12-27(18)33(29,30)23-17-19(10-11-22(23)31-2)24(28)25-20-8-3-4-9-21(20)26-13-15-32-16-14-26/h3-4,8-11,17-18H,5-7,12-16H2,1-2H3,(H,25,28)/t18-/m0/s1. The summed E-state index contributed by atoms with van der Waals surface area (Å²) in [6.45, 7) is 5.14. The van der Waals surface area contributed by atoms with E-state index in [4.69, 9.17) is 9.47 Å². The molecule has 1 N–H and O–H groups in total. The molecular weight excluding hydrogens is 442 g/mol. The molecule has 178 valence electrons. The van der Waals surface area contributed by atoms with Gasteiger partial charge in [-0.2, -0.15) is 4.31 Å². The molecule has 1 atom stereocenters. The number of methoxy groups -OCH3 is 1. The van der Waals surface area contributed by atoms with Crippen LogP contribution in [0.1, 0.15) is 36.5 Å². The molecule has 2 aromatic carbocycles. The zero-order valence-electron chi connectivity index (χ0n) is 19.1. The monoisotopic (exact) mass is 473 g/mol. The number of ether oxygens (including phenoxy) is 2. The van der Waals surface area contributed by atoms with Crippen LogP contribution in [-0.4, -0.2) is 64.6 Å². The lowest BCUT2D eigenvalue weighted by Gasteiger charge is -2.32. The van der Waals surface area contributed by atoms with Crippen LogP contribution in [0.2, 0.25) is 0 Å². The first kappa shape index (κ1) is 23.5. The number of morpholine rings is 1. The third kappa shape index (κ3) is 5.00. The van der Waals surface area contributed by atoms with E-state index in [0.717, 1.165) is 38.0 Å². The summed E-state index contributed by atoms with van der Waals surface area (Å²) in [6, 6.07) is 12.1. The summed E-state index contributed by atoms with van der Waals surface area (Å²) < 4.78 is 39.2. The van der Waals surface area contributed by atoms with Crippen molar-refractivity contribution in [3.8, 4) is 5.75 Å². The number of amides is 1. The molecule has 0 spiro atoms. The number of piperidine rings is 1. The Balaban J connectivity index is 1.62. The van der Waals surface area contributed by atoms with Crippen molar-refractivity contribution in [1.29, 1.82) is 0 Å². The lowest BCUT2D eigenvalue weighted by molar-refractivity contribution is 0.102. The van der Waals surface area contributed by atoms with Gasteiger partial charge in [-0.1, -0.05) is 18.6 Å². The topological polar surface area (TPSA) is 88.2 Å². The van der Waals surface area contributed by atoms with Crippen molar-refractivity contribution < 1.29 is 22.7 Å².